The van der Waals surface area contributed by atoms with Gasteiger partial charge in [-0.3, -0.25) is 0 Å². The van der Waals surface area contributed by atoms with Crippen LogP contribution in [0.4, 0.5) is 22.0 Å². The lowest BCUT2D eigenvalue weighted by atomic mass is 10.2. The molecule has 0 aliphatic heterocycles. The van der Waals surface area contributed by atoms with Crippen molar-refractivity contribution in [3.05, 3.63) is 88.7 Å². The maximum Gasteiger partial charge on any atom is 0.249 e. The van der Waals surface area contributed by atoms with E-state index in [1.807, 2.05) is 30.3 Å². The lowest BCUT2D eigenvalue weighted by molar-refractivity contribution is 0.284. The van der Waals surface area contributed by atoms with E-state index in [9.17, 15) is 30.4 Å². The molecule has 0 N–H and O–H groups in total. The zero-order chi connectivity index (χ0) is 25.3. The summed E-state index contributed by atoms with van der Waals surface area (Å²) in [6.07, 6.45) is 0.758. The molecule has 3 aromatic carbocycles. The Morgan fingerprint density at radius 1 is 0.829 bits per heavy atom. The fraction of sp³-hybridized carbons (Fsp3) is 0.250. The van der Waals surface area contributed by atoms with Gasteiger partial charge in [0.15, 0.2) is 39.7 Å². The molecule has 1 aliphatic carbocycles. The zero-order valence-electron chi connectivity index (χ0n) is 18.4. The van der Waals surface area contributed by atoms with E-state index in [4.69, 9.17) is 9.47 Å². The molecule has 1 aliphatic rings. The minimum absolute atomic E-state index is 0.249. The molecule has 0 radical (unpaired) electrons. The fourth-order valence-corrected chi connectivity index (χ4v) is 5.34. The number of halogens is 5. The van der Waals surface area contributed by atoms with Gasteiger partial charge >= 0.3 is 0 Å². The molecule has 5 nitrogen and oxygen atoms in total. The van der Waals surface area contributed by atoms with E-state index in [1.165, 1.54) is 19.2 Å². The maximum atomic E-state index is 14.3. The molecule has 0 unspecified atom stereocenters. The highest BCUT2D eigenvalue weighted by Gasteiger charge is 2.43. The number of methoxy groups -OCH3 is 1. The Bertz CT molecular complexity index is 1320. The molecule has 0 bridgehead atoms. The number of nitrogens with zero attached hydrogens (tertiary/aromatic N) is 1. The summed E-state index contributed by atoms with van der Waals surface area (Å²) in [5, 5.41) is 0. The topological polar surface area (TPSA) is 55.8 Å². The van der Waals surface area contributed by atoms with Crippen LogP contribution in [-0.4, -0.2) is 25.9 Å². The van der Waals surface area contributed by atoms with Crippen LogP contribution in [0, 0.1) is 29.1 Å². The largest absolute Gasteiger partial charge is 0.493 e. The van der Waals surface area contributed by atoms with E-state index < -0.39 is 50.0 Å². The van der Waals surface area contributed by atoms with E-state index in [0.29, 0.717) is 24.2 Å². The number of ether oxygens (including phenoxy) is 2. The standard InChI is InChI=1S/C24H20F5NO4S/c1-33-18-11-15(7-10-17(18)34-13-14-5-3-2-4-6-14)12-30(16-8-9-16)35(31,32)24-22(28)20(26)19(25)21(27)23(24)29/h2-7,10-11,16H,8-9,12-13H2,1H3. The van der Waals surface area contributed by atoms with E-state index >= 15 is 0 Å². The Morgan fingerprint density at radius 2 is 1.43 bits per heavy atom. The second kappa shape index (κ2) is 9.82. The van der Waals surface area contributed by atoms with Gasteiger partial charge in [0.2, 0.25) is 15.8 Å². The highest BCUT2D eigenvalue weighted by atomic mass is 32.2. The summed E-state index contributed by atoms with van der Waals surface area (Å²) in [4.78, 5) is -1.87. The van der Waals surface area contributed by atoms with Crippen LogP contribution in [0.3, 0.4) is 0 Å². The Labute approximate surface area is 198 Å². The number of hydrogen-bond acceptors (Lipinski definition) is 4. The van der Waals surface area contributed by atoms with Crippen molar-refractivity contribution in [2.75, 3.05) is 7.11 Å². The van der Waals surface area contributed by atoms with Crippen molar-refractivity contribution in [1.29, 1.82) is 0 Å². The first kappa shape index (κ1) is 24.9. The van der Waals surface area contributed by atoms with Crippen molar-refractivity contribution in [3.63, 3.8) is 0 Å². The van der Waals surface area contributed by atoms with Gasteiger partial charge in [0.1, 0.15) is 6.61 Å². The highest BCUT2D eigenvalue weighted by molar-refractivity contribution is 7.89. The average Bonchev–Trinajstić information content (AvgIpc) is 3.69. The van der Waals surface area contributed by atoms with Gasteiger partial charge in [0.05, 0.1) is 7.11 Å². The summed E-state index contributed by atoms with van der Waals surface area (Å²) >= 11 is 0. The summed E-state index contributed by atoms with van der Waals surface area (Å²) < 4.78 is 107. The molecule has 0 spiro atoms. The molecule has 186 valence electrons. The smallest absolute Gasteiger partial charge is 0.249 e. The molecule has 0 amide bonds. The van der Waals surface area contributed by atoms with E-state index in [0.717, 1.165) is 9.87 Å². The Balaban J connectivity index is 1.63. The summed E-state index contributed by atoms with van der Waals surface area (Å²) in [5.74, 6) is -11.2. The third-order valence-corrected chi connectivity index (χ3v) is 7.41. The van der Waals surface area contributed by atoms with Gasteiger partial charge in [-0.25, -0.2) is 30.4 Å². The average molecular weight is 513 g/mol. The van der Waals surface area contributed by atoms with Gasteiger partial charge in [-0.15, -0.1) is 0 Å². The first-order chi connectivity index (χ1) is 16.6. The summed E-state index contributed by atoms with van der Waals surface area (Å²) in [6.45, 7) is -0.124. The van der Waals surface area contributed by atoms with Crippen molar-refractivity contribution in [1.82, 2.24) is 4.31 Å². The number of sulfonamides is 1. The molecule has 0 heterocycles. The number of rotatable bonds is 9. The minimum Gasteiger partial charge on any atom is -0.493 e. The van der Waals surface area contributed by atoms with E-state index in [-0.39, 0.29) is 18.9 Å². The van der Waals surface area contributed by atoms with E-state index in [2.05, 4.69) is 0 Å². The van der Waals surface area contributed by atoms with Gasteiger partial charge < -0.3 is 9.47 Å². The van der Waals surface area contributed by atoms with Crippen molar-refractivity contribution in [2.45, 2.75) is 36.9 Å². The molecule has 1 fully saturated rings. The summed E-state index contributed by atoms with van der Waals surface area (Å²) in [6, 6.07) is 13.3. The molecule has 4 rings (SSSR count). The van der Waals surface area contributed by atoms with Crippen molar-refractivity contribution < 1.29 is 39.8 Å². The predicted molar refractivity (Wildman–Crippen MR) is 116 cm³/mol. The van der Waals surface area contributed by atoms with Crippen LogP contribution in [0.5, 0.6) is 11.5 Å². The van der Waals surface area contributed by atoms with E-state index in [1.54, 1.807) is 6.07 Å². The van der Waals surface area contributed by atoms with Crippen LogP contribution >= 0.6 is 0 Å². The van der Waals surface area contributed by atoms with Gasteiger partial charge in [-0.05, 0) is 36.1 Å². The van der Waals surface area contributed by atoms with Crippen molar-refractivity contribution >= 4 is 10.0 Å². The highest BCUT2D eigenvalue weighted by Crippen LogP contribution is 2.38. The van der Waals surface area contributed by atoms with Crippen LogP contribution in [0.2, 0.25) is 0 Å². The van der Waals surface area contributed by atoms with Gasteiger partial charge in [-0.2, -0.15) is 4.31 Å². The molecule has 0 saturated heterocycles. The van der Waals surface area contributed by atoms with Crippen LogP contribution in [0.25, 0.3) is 0 Å². The number of benzene rings is 3. The Hall–Kier alpha value is -3.18. The van der Waals surface area contributed by atoms with Crippen LogP contribution in [0.1, 0.15) is 24.0 Å². The lowest BCUT2D eigenvalue weighted by Crippen LogP contribution is -2.34. The lowest BCUT2D eigenvalue weighted by Gasteiger charge is -2.23. The molecule has 0 aromatic heterocycles. The van der Waals surface area contributed by atoms with Gasteiger partial charge in [0.25, 0.3) is 0 Å². The minimum atomic E-state index is -5.07. The quantitative estimate of drug-likeness (QED) is 0.221. The third-order valence-electron chi connectivity index (χ3n) is 5.49. The molecular weight excluding hydrogens is 493 g/mol. The first-order valence-corrected chi connectivity index (χ1v) is 12.0. The Kier molecular flexibility index (Phi) is 7.00. The summed E-state index contributed by atoms with van der Waals surface area (Å²) in [5.41, 5.74) is 1.28. The molecular formula is C24H20F5NO4S. The molecule has 0 atom stereocenters. The van der Waals surface area contributed by atoms with Crippen LogP contribution in [-0.2, 0) is 23.2 Å². The zero-order valence-corrected chi connectivity index (χ0v) is 19.2. The third kappa shape index (κ3) is 4.96. The molecule has 11 heteroatoms. The second-order valence-corrected chi connectivity index (χ2v) is 9.77. The normalized spacial score (nSPS) is 13.8. The predicted octanol–water partition coefficient (Wildman–Crippen LogP) is 5.32. The van der Waals surface area contributed by atoms with Crippen molar-refractivity contribution in [2.24, 2.45) is 0 Å². The fourth-order valence-electron chi connectivity index (χ4n) is 3.55. The van der Waals surface area contributed by atoms with Crippen molar-refractivity contribution in [3.8, 4) is 11.5 Å². The molecule has 35 heavy (non-hydrogen) atoms. The van der Waals surface area contributed by atoms with Crippen LogP contribution in [0.15, 0.2) is 53.4 Å². The van der Waals surface area contributed by atoms with Gasteiger partial charge in [-0.1, -0.05) is 36.4 Å². The monoisotopic (exact) mass is 513 g/mol. The van der Waals surface area contributed by atoms with Gasteiger partial charge in [0, 0.05) is 12.6 Å². The molecule has 3 aromatic rings. The number of hydrogen-bond donors (Lipinski definition) is 0. The Morgan fingerprint density at radius 3 is 2.00 bits per heavy atom. The maximum absolute atomic E-state index is 14.3. The SMILES string of the molecule is COc1cc(CN(C2CC2)S(=O)(=O)c2c(F)c(F)c(F)c(F)c2F)ccc1OCc1ccccc1. The first-order valence-electron chi connectivity index (χ1n) is 10.5. The second-order valence-electron chi connectivity index (χ2n) is 7.94. The van der Waals surface area contributed by atoms with Crippen LogP contribution < -0.4 is 9.47 Å². The summed E-state index contributed by atoms with van der Waals surface area (Å²) in [7, 11) is -3.68. The molecule has 1 saturated carbocycles.